The fraction of sp³-hybridized carbons (Fsp3) is 0.158. The summed E-state index contributed by atoms with van der Waals surface area (Å²) in [4.78, 5) is 17.1. The highest BCUT2D eigenvalue weighted by Crippen LogP contribution is 2.42. The molecule has 1 aliphatic rings. The van der Waals surface area contributed by atoms with E-state index in [9.17, 15) is 9.18 Å². The van der Waals surface area contributed by atoms with E-state index in [0.717, 1.165) is 10.4 Å². The topological polar surface area (TPSA) is 77.2 Å². The van der Waals surface area contributed by atoms with E-state index in [1.165, 1.54) is 17.4 Å². The first-order chi connectivity index (χ1) is 12.6. The number of benzene rings is 2. The van der Waals surface area contributed by atoms with E-state index in [-0.39, 0.29) is 24.2 Å². The van der Waals surface area contributed by atoms with Gasteiger partial charge in [-0.05, 0) is 23.8 Å². The molecule has 0 saturated carbocycles. The Morgan fingerprint density at radius 1 is 1.27 bits per heavy atom. The van der Waals surface area contributed by atoms with Gasteiger partial charge in [-0.25, -0.2) is 9.37 Å². The molecule has 1 atom stereocenters. The second-order valence-corrected chi connectivity index (χ2v) is 7.08. The molecule has 0 aliphatic carbocycles. The van der Waals surface area contributed by atoms with Gasteiger partial charge in [0.25, 0.3) is 0 Å². The molecule has 0 unspecified atom stereocenters. The Morgan fingerprint density at radius 3 is 2.96 bits per heavy atom. The van der Waals surface area contributed by atoms with Crippen LogP contribution in [0.3, 0.4) is 0 Å². The molecule has 0 fully saturated rings. The van der Waals surface area contributed by atoms with Crippen LogP contribution in [0.5, 0.6) is 5.75 Å². The van der Waals surface area contributed by atoms with Crippen LogP contribution in [-0.4, -0.2) is 10.9 Å². The molecule has 1 amide bonds. The molecule has 5 nitrogen and oxygen atoms in total. The van der Waals surface area contributed by atoms with Crippen molar-refractivity contribution in [1.82, 2.24) is 4.98 Å². The number of hydrogen-bond donors (Lipinski definition) is 2. The lowest BCUT2D eigenvalue weighted by Crippen LogP contribution is -2.22. The van der Waals surface area contributed by atoms with Crippen LogP contribution in [0.2, 0.25) is 0 Å². The SMILES string of the molecule is Nc1nc2c(s1)[C@H](c1cccc(OCc3ccccc3F)c1)CC(=O)N2. The quantitative estimate of drug-likeness (QED) is 0.731. The molecule has 2 heterocycles. The predicted octanol–water partition coefficient (Wildman–Crippen LogP) is 3.92. The van der Waals surface area contributed by atoms with Gasteiger partial charge < -0.3 is 15.8 Å². The van der Waals surface area contributed by atoms with E-state index < -0.39 is 0 Å². The summed E-state index contributed by atoms with van der Waals surface area (Å²) >= 11 is 1.37. The smallest absolute Gasteiger partial charge is 0.226 e. The summed E-state index contributed by atoms with van der Waals surface area (Å²) in [5.74, 6) is 0.649. The van der Waals surface area contributed by atoms with E-state index in [0.29, 0.717) is 28.7 Å². The van der Waals surface area contributed by atoms with Crippen LogP contribution in [0.1, 0.15) is 28.3 Å². The molecular formula is C19H16FN3O2S. The third-order valence-corrected chi connectivity index (χ3v) is 5.24. The van der Waals surface area contributed by atoms with Gasteiger partial charge in [-0.1, -0.05) is 41.7 Å². The lowest BCUT2D eigenvalue weighted by molar-refractivity contribution is -0.116. The fourth-order valence-electron chi connectivity index (χ4n) is 3.00. The van der Waals surface area contributed by atoms with Crippen LogP contribution in [0, 0.1) is 5.82 Å². The number of hydrogen-bond acceptors (Lipinski definition) is 5. The summed E-state index contributed by atoms with van der Waals surface area (Å²) in [6, 6.07) is 14.0. The predicted molar refractivity (Wildman–Crippen MR) is 98.8 cm³/mol. The van der Waals surface area contributed by atoms with E-state index in [4.69, 9.17) is 10.5 Å². The molecule has 0 bridgehead atoms. The van der Waals surface area contributed by atoms with Gasteiger partial charge >= 0.3 is 0 Å². The van der Waals surface area contributed by atoms with E-state index in [1.807, 2.05) is 24.3 Å². The number of aromatic nitrogens is 1. The highest BCUT2D eigenvalue weighted by Gasteiger charge is 2.30. The number of fused-ring (bicyclic) bond motifs is 1. The molecule has 1 aliphatic heterocycles. The maximum Gasteiger partial charge on any atom is 0.226 e. The van der Waals surface area contributed by atoms with Gasteiger partial charge in [0, 0.05) is 17.9 Å². The molecule has 7 heteroatoms. The number of nitrogens with zero attached hydrogens (tertiary/aromatic N) is 1. The maximum absolute atomic E-state index is 13.7. The zero-order valence-electron chi connectivity index (χ0n) is 13.7. The largest absolute Gasteiger partial charge is 0.489 e. The second-order valence-electron chi connectivity index (χ2n) is 6.02. The van der Waals surface area contributed by atoms with Gasteiger partial charge in [-0.3, -0.25) is 4.79 Å². The molecule has 0 saturated heterocycles. The first kappa shape index (κ1) is 16.5. The van der Waals surface area contributed by atoms with Crippen LogP contribution >= 0.6 is 11.3 Å². The molecule has 4 rings (SSSR count). The third kappa shape index (κ3) is 3.25. The van der Waals surface area contributed by atoms with E-state index in [2.05, 4.69) is 10.3 Å². The van der Waals surface area contributed by atoms with Crippen molar-refractivity contribution in [3.05, 3.63) is 70.4 Å². The molecule has 3 aromatic rings. The number of amides is 1. The van der Waals surface area contributed by atoms with E-state index in [1.54, 1.807) is 18.2 Å². The molecule has 3 N–H and O–H groups in total. The molecule has 0 spiro atoms. The summed E-state index contributed by atoms with van der Waals surface area (Å²) in [7, 11) is 0. The number of thiazole rings is 1. The highest BCUT2D eigenvalue weighted by molar-refractivity contribution is 7.16. The van der Waals surface area contributed by atoms with Crippen molar-refractivity contribution in [3.8, 4) is 5.75 Å². The van der Waals surface area contributed by atoms with Gasteiger partial charge in [-0.2, -0.15) is 0 Å². The minimum atomic E-state index is -0.294. The molecule has 0 radical (unpaired) electrons. The van der Waals surface area contributed by atoms with E-state index >= 15 is 0 Å². The van der Waals surface area contributed by atoms with Gasteiger partial charge in [0.05, 0.1) is 4.88 Å². The highest BCUT2D eigenvalue weighted by atomic mass is 32.1. The molecule has 1 aromatic heterocycles. The lowest BCUT2D eigenvalue weighted by Gasteiger charge is -2.22. The van der Waals surface area contributed by atoms with Gasteiger partial charge in [0.2, 0.25) is 5.91 Å². The Hall–Kier alpha value is -2.93. The van der Waals surface area contributed by atoms with Crippen LogP contribution in [0.4, 0.5) is 15.3 Å². The number of ether oxygens (including phenoxy) is 1. The normalized spacial score (nSPS) is 16.0. The van der Waals surface area contributed by atoms with Crippen LogP contribution in [0.25, 0.3) is 0 Å². The van der Waals surface area contributed by atoms with Crippen LogP contribution in [-0.2, 0) is 11.4 Å². The zero-order valence-corrected chi connectivity index (χ0v) is 14.6. The Balaban J connectivity index is 1.58. The van der Waals surface area contributed by atoms with Crippen molar-refractivity contribution in [2.75, 3.05) is 11.1 Å². The minimum absolute atomic E-state index is 0.0921. The fourth-order valence-corrected chi connectivity index (χ4v) is 3.92. The number of nitrogens with two attached hydrogens (primary N) is 1. The number of nitrogens with one attached hydrogen (secondary N) is 1. The molecule has 26 heavy (non-hydrogen) atoms. The monoisotopic (exact) mass is 369 g/mol. The van der Waals surface area contributed by atoms with Crippen molar-refractivity contribution < 1.29 is 13.9 Å². The number of nitrogen functional groups attached to an aromatic ring is 1. The average Bonchev–Trinajstić information content (AvgIpc) is 3.00. The average molecular weight is 369 g/mol. The molecule has 2 aromatic carbocycles. The van der Waals surface area contributed by atoms with Crippen molar-refractivity contribution in [3.63, 3.8) is 0 Å². The van der Waals surface area contributed by atoms with Crippen molar-refractivity contribution in [2.45, 2.75) is 18.9 Å². The van der Waals surface area contributed by atoms with Crippen molar-refractivity contribution >= 4 is 28.2 Å². The third-order valence-electron chi connectivity index (χ3n) is 4.25. The Bertz CT molecular complexity index is 973. The second kappa shape index (κ2) is 6.76. The number of carbonyl (C=O) groups is 1. The first-order valence-corrected chi connectivity index (χ1v) is 8.94. The number of carbonyl (C=O) groups excluding carboxylic acids is 1. The maximum atomic E-state index is 13.7. The Labute approximate surface area is 153 Å². The summed E-state index contributed by atoms with van der Waals surface area (Å²) in [6.45, 7) is 0.139. The van der Waals surface area contributed by atoms with Crippen molar-refractivity contribution in [1.29, 1.82) is 0 Å². The van der Waals surface area contributed by atoms with Gasteiger partial charge in [-0.15, -0.1) is 0 Å². The summed E-state index contributed by atoms with van der Waals surface area (Å²) in [6.07, 6.45) is 0.325. The standard InChI is InChI=1S/C19H16FN3O2S/c20-15-7-2-1-4-12(15)10-25-13-6-3-5-11(8-13)14-9-16(24)22-18-17(14)26-19(21)23-18/h1-8,14H,9-10H2,(H2,21,23)(H,22,24)/t14-/m0/s1. The first-order valence-electron chi connectivity index (χ1n) is 8.12. The number of rotatable bonds is 4. The molecular weight excluding hydrogens is 353 g/mol. The number of halogens is 1. The van der Waals surface area contributed by atoms with Crippen molar-refractivity contribution in [2.24, 2.45) is 0 Å². The summed E-state index contributed by atoms with van der Waals surface area (Å²) < 4.78 is 19.5. The molecule has 132 valence electrons. The Morgan fingerprint density at radius 2 is 2.12 bits per heavy atom. The summed E-state index contributed by atoms with van der Waals surface area (Å²) in [5, 5.41) is 3.18. The van der Waals surface area contributed by atoms with Gasteiger partial charge in [0.1, 0.15) is 24.0 Å². The number of anilines is 2. The summed E-state index contributed by atoms with van der Waals surface area (Å²) in [5.41, 5.74) is 7.23. The minimum Gasteiger partial charge on any atom is -0.489 e. The van der Waals surface area contributed by atoms with Crippen LogP contribution in [0.15, 0.2) is 48.5 Å². The zero-order chi connectivity index (χ0) is 18.1. The van der Waals surface area contributed by atoms with Crippen LogP contribution < -0.4 is 15.8 Å². The Kier molecular flexibility index (Phi) is 4.30. The lowest BCUT2D eigenvalue weighted by atomic mass is 9.91. The van der Waals surface area contributed by atoms with Gasteiger partial charge in [0.15, 0.2) is 5.13 Å².